The lowest BCUT2D eigenvalue weighted by Crippen LogP contribution is -2.52. The van der Waals surface area contributed by atoms with Crippen LogP contribution >= 0.6 is 0 Å². The second kappa shape index (κ2) is 9.21. The molecule has 0 amide bonds. The lowest BCUT2D eigenvalue weighted by atomic mass is 10.2. The van der Waals surface area contributed by atoms with Crippen molar-refractivity contribution in [2.45, 2.75) is 52.6 Å². The van der Waals surface area contributed by atoms with E-state index in [0.717, 1.165) is 0 Å². The van der Waals surface area contributed by atoms with Gasteiger partial charge in [0.15, 0.2) is 0 Å². The van der Waals surface area contributed by atoms with Gasteiger partial charge in [-0.2, -0.15) is 0 Å². The first-order valence-corrected chi connectivity index (χ1v) is 11.7. The van der Waals surface area contributed by atoms with Gasteiger partial charge in [0, 0.05) is 0 Å². The number of unbranched alkanes of at least 4 members (excludes halogenated alkanes) is 2. The standard InChI is InChI=1S/C19H33NSi/c1-6-9-14-20(15-10-7-2)17-21(4,5)19-13-11-12-18(8-3)16-19/h8,11-13,16H,3,6-7,9-10,14-15,17H2,1-2,4-5H3. The maximum atomic E-state index is 3.90. The molecule has 0 saturated carbocycles. The van der Waals surface area contributed by atoms with Gasteiger partial charge in [-0.3, -0.25) is 0 Å². The summed E-state index contributed by atoms with van der Waals surface area (Å²) in [5.41, 5.74) is 1.25. The van der Waals surface area contributed by atoms with Crippen molar-refractivity contribution in [2.24, 2.45) is 0 Å². The van der Waals surface area contributed by atoms with E-state index in [1.165, 1.54) is 50.5 Å². The fourth-order valence-corrected chi connectivity index (χ4v) is 5.49. The molecule has 0 N–H and O–H groups in total. The number of nitrogens with zero attached hydrogens (tertiary/aromatic N) is 1. The molecule has 0 aliphatic carbocycles. The first kappa shape index (κ1) is 18.2. The first-order valence-electron chi connectivity index (χ1n) is 8.48. The Hall–Kier alpha value is -0.863. The molecule has 0 aliphatic rings. The molecule has 21 heavy (non-hydrogen) atoms. The third kappa shape index (κ3) is 6.19. The Morgan fingerprint density at radius 1 is 1.10 bits per heavy atom. The Kier molecular flexibility index (Phi) is 7.98. The van der Waals surface area contributed by atoms with Crippen molar-refractivity contribution >= 4 is 19.3 Å². The van der Waals surface area contributed by atoms with Crippen LogP contribution in [-0.4, -0.2) is 32.2 Å². The molecule has 0 bridgehead atoms. The average Bonchev–Trinajstić information content (AvgIpc) is 2.49. The van der Waals surface area contributed by atoms with Gasteiger partial charge in [0.25, 0.3) is 0 Å². The van der Waals surface area contributed by atoms with Crippen molar-refractivity contribution in [2.75, 3.05) is 19.3 Å². The highest BCUT2D eigenvalue weighted by atomic mass is 28.3. The summed E-state index contributed by atoms with van der Waals surface area (Å²) in [6, 6.07) is 8.99. The van der Waals surface area contributed by atoms with Crippen LogP contribution in [0.1, 0.15) is 45.1 Å². The third-order valence-electron chi connectivity index (χ3n) is 4.18. The minimum absolute atomic E-state index is 1.25. The van der Waals surface area contributed by atoms with Crippen molar-refractivity contribution in [1.82, 2.24) is 4.90 Å². The SMILES string of the molecule is C=Cc1cccc([Si](C)(C)CN(CCCC)CCCC)c1. The van der Waals surface area contributed by atoms with Crippen LogP contribution in [0.5, 0.6) is 0 Å². The van der Waals surface area contributed by atoms with Crippen LogP contribution in [0.2, 0.25) is 13.1 Å². The molecule has 0 atom stereocenters. The van der Waals surface area contributed by atoms with Crippen molar-refractivity contribution in [3.8, 4) is 0 Å². The van der Waals surface area contributed by atoms with E-state index in [1.807, 2.05) is 6.08 Å². The fraction of sp³-hybridized carbons (Fsp3) is 0.579. The van der Waals surface area contributed by atoms with E-state index in [4.69, 9.17) is 0 Å². The predicted octanol–water partition coefficient (Wildman–Crippen LogP) is 4.69. The summed E-state index contributed by atoms with van der Waals surface area (Å²) in [7, 11) is -1.41. The average molecular weight is 304 g/mol. The number of rotatable bonds is 10. The summed E-state index contributed by atoms with van der Waals surface area (Å²) in [5, 5.41) is 1.55. The van der Waals surface area contributed by atoms with Crippen LogP contribution in [0, 0.1) is 0 Å². The molecule has 0 spiro atoms. The zero-order chi connectivity index (χ0) is 15.7. The summed E-state index contributed by atoms with van der Waals surface area (Å²) in [6.07, 6.45) is 8.45. The van der Waals surface area contributed by atoms with Crippen LogP contribution in [-0.2, 0) is 0 Å². The van der Waals surface area contributed by atoms with E-state index < -0.39 is 8.07 Å². The second-order valence-electron chi connectivity index (χ2n) is 6.70. The Labute approximate surface area is 133 Å². The largest absolute Gasteiger partial charge is 0.306 e. The smallest absolute Gasteiger partial charge is 0.0949 e. The fourth-order valence-electron chi connectivity index (χ4n) is 2.77. The van der Waals surface area contributed by atoms with Crippen LogP contribution in [0.3, 0.4) is 0 Å². The molecule has 0 aromatic heterocycles. The van der Waals surface area contributed by atoms with Gasteiger partial charge in [0.05, 0.1) is 8.07 Å². The molecule has 0 unspecified atom stereocenters. The van der Waals surface area contributed by atoms with Crippen molar-refractivity contribution in [3.63, 3.8) is 0 Å². The van der Waals surface area contributed by atoms with Crippen molar-refractivity contribution in [1.29, 1.82) is 0 Å². The lowest BCUT2D eigenvalue weighted by Gasteiger charge is -2.32. The summed E-state index contributed by atoms with van der Waals surface area (Å²) in [4.78, 5) is 2.71. The van der Waals surface area contributed by atoms with E-state index in [-0.39, 0.29) is 0 Å². The highest BCUT2D eigenvalue weighted by molar-refractivity contribution is 6.90. The highest BCUT2D eigenvalue weighted by Crippen LogP contribution is 2.11. The number of hydrogen-bond acceptors (Lipinski definition) is 1. The van der Waals surface area contributed by atoms with Crippen molar-refractivity contribution in [3.05, 3.63) is 36.4 Å². The lowest BCUT2D eigenvalue weighted by molar-refractivity contribution is 0.302. The van der Waals surface area contributed by atoms with Gasteiger partial charge in [-0.1, -0.05) is 81.9 Å². The molecule has 1 aromatic rings. The Morgan fingerprint density at radius 2 is 1.71 bits per heavy atom. The molecule has 0 aliphatic heterocycles. The molecule has 0 saturated heterocycles. The van der Waals surface area contributed by atoms with Gasteiger partial charge < -0.3 is 4.90 Å². The van der Waals surface area contributed by atoms with Crippen LogP contribution in [0.15, 0.2) is 30.8 Å². The molecular formula is C19H33NSi. The number of hydrogen-bond donors (Lipinski definition) is 0. The maximum absolute atomic E-state index is 3.90. The van der Waals surface area contributed by atoms with Gasteiger partial charge >= 0.3 is 0 Å². The topological polar surface area (TPSA) is 3.24 Å². The zero-order valence-electron chi connectivity index (χ0n) is 14.5. The predicted molar refractivity (Wildman–Crippen MR) is 99.9 cm³/mol. The summed E-state index contributed by atoms with van der Waals surface area (Å²) in [6.45, 7) is 16.0. The molecule has 118 valence electrons. The van der Waals surface area contributed by atoms with E-state index >= 15 is 0 Å². The molecule has 0 fully saturated rings. The van der Waals surface area contributed by atoms with Crippen molar-refractivity contribution < 1.29 is 0 Å². The Balaban J connectivity index is 2.79. The van der Waals surface area contributed by atoms with Gasteiger partial charge in [-0.25, -0.2) is 0 Å². The summed E-state index contributed by atoms with van der Waals surface area (Å²) >= 11 is 0. The van der Waals surface area contributed by atoms with Crippen LogP contribution in [0.25, 0.3) is 6.08 Å². The minimum atomic E-state index is -1.41. The highest BCUT2D eigenvalue weighted by Gasteiger charge is 2.26. The molecule has 1 rings (SSSR count). The second-order valence-corrected chi connectivity index (χ2v) is 11.4. The third-order valence-corrected chi connectivity index (χ3v) is 7.29. The summed E-state index contributed by atoms with van der Waals surface area (Å²) in [5.74, 6) is 0. The molecule has 0 heterocycles. The monoisotopic (exact) mass is 303 g/mol. The molecule has 1 aromatic carbocycles. The quantitative estimate of drug-likeness (QED) is 0.567. The molecule has 1 nitrogen and oxygen atoms in total. The summed E-state index contributed by atoms with van der Waals surface area (Å²) < 4.78 is 0. The van der Waals surface area contributed by atoms with E-state index in [2.05, 4.69) is 62.7 Å². The zero-order valence-corrected chi connectivity index (χ0v) is 15.5. The van der Waals surface area contributed by atoms with Gasteiger partial charge in [0.2, 0.25) is 0 Å². The number of benzene rings is 1. The van der Waals surface area contributed by atoms with Crippen LogP contribution < -0.4 is 5.19 Å². The van der Waals surface area contributed by atoms with E-state index in [0.29, 0.717) is 0 Å². The Bertz CT molecular complexity index is 417. The van der Waals surface area contributed by atoms with Crippen LogP contribution in [0.4, 0.5) is 0 Å². The first-order chi connectivity index (χ1) is 10.0. The Morgan fingerprint density at radius 3 is 2.24 bits per heavy atom. The maximum Gasteiger partial charge on any atom is 0.0949 e. The molecule has 0 radical (unpaired) electrons. The minimum Gasteiger partial charge on any atom is -0.306 e. The van der Waals surface area contributed by atoms with Gasteiger partial charge in [0.1, 0.15) is 0 Å². The molecule has 2 heteroatoms. The molecular weight excluding hydrogens is 270 g/mol. The van der Waals surface area contributed by atoms with E-state index in [9.17, 15) is 0 Å². The van der Waals surface area contributed by atoms with Gasteiger partial charge in [-0.15, -0.1) is 0 Å². The van der Waals surface area contributed by atoms with Gasteiger partial charge in [-0.05, 0) is 37.7 Å². The normalized spacial score (nSPS) is 11.9. The van der Waals surface area contributed by atoms with E-state index in [1.54, 1.807) is 5.19 Å².